The maximum absolute atomic E-state index is 11.6. The van der Waals surface area contributed by atoms with Crippen molar-refractivity contribution in [3.8, 4) is 0 Å². The van der Waals surface area contributed by atoms with E-state index in [1.54, 1.807) is 0 Å². The first-order chi connectivity index (χ1) is 13.2. The molecule has 1 saturated heterocycles. The number of rotatable bonds is 18. The third kappa shape index (κ3) is 13.9. The summed E-state index contributed by atoms with van der Waals surface area (Å²) in [5.41, 5.74) is 0. The lowest BCUT2D eigenvalue weighted by Gasteiger charge is -2.08. The monoisotopic (exact) mass is 380 g/mol. The SMILES string of the molecule is CCCCCC1OC1CC=CCCCCCCCC(=O)OCCC(C)CC. The van der Waals surface area contributed by atoms with E-state index in [1.807, 2.05) is 0 Å². The molecule has 0 aliphatic carbocycles. The Balaban J connectivity index is 1.81. The molecule has 3 unspecified atom stereocenters. The van der Waals surface area contributed by atoms with E-state index >= 15 is 0 Å². The molecule has 0 amide bonds. The van der Waals surface area contributed by atoms with Crippen LogP contribution in [-0.2, 0) is 14.3 Å². The van der Waals surface area contributed by atoms with Gasteiger partial charge in [0.1, 0.15) is 0 Å². The quantitative estimate of drug-likeness (QED) is 0.111. The first-order valence-electron chi connectivity index (χ1n) is 11.6. The van der Waals surface area contributed by atoms with Gasteiger partial charge >= 0.3 is 5.97 Å². The fourth-order valence-electron chi connectivity index (χ4n) is 3.30. The summed E-state index contributed by atoms with van der Waals surface area (Å²) >= 11 is 0. The highest BCUT2D eigenvalue weighted by Crippen LogP contribution is 2.30. The van der Waals surface area contributed by atoms with Crippen molar-refractivity contribution in [1.82, 2.24) is 0 Å². The summed E-state index contributed by atoms with van der Waals surface area (Å²) in [5.74, 6) is 0.632. The van der Waals surface area contributed by atoms with E-state index in [0.717, 1.165) is 32.1 Å². The lowest BCUT2D eigenvalue weighted by atomic mass is 10.1. The molecular formula is C24H44O3. The third-order valence-electron chi connectivity index (χ3n) is 5.64. The zero-order chi connectivity index (χ0) is 19.7. The molecule has 27 heavy (non-hydrogen) atoms. The number of unbranched alkanes of at least 4 members (excludes halogenated alkanes) is 7. The Morgan fingerprint density at radius 1 is 1.00 bits per heavy atom. The molecule has 0 bridgehead atoms. The van der Waals surface area contributed by atoms with Crippen LogP contribution in [0.3, 0.4) is 0 Å². The Morgan fingerprint density at radius 2 is 1.78 bits per heavy atom. The van der Waals surface area contributed by atoms with Crippen molar-refractivity contribution in [3.63, 3.8) is 0 Å². The van der Waals surface area contributed by atoms with Crippen molar-refractivity contribution in [2.75, 3.05) is 6.61 Å². The Kier molecular flexibility index (Phi) is 14.5. The first kappa shape index (κ1) is 24.2. The average Bonchev–Trinajstić information content (AvgIpc) is 3.41. The predicted molar refractivity (Wildman–Crippen MR) is 114 cm³/mol. The molecule has 0 saturated carbocycles. The van der Waals surface area contributed by atoms with Gasteiger partial charge in [-0.15, -0.1) is 0 Å². The van der Waals surface area contributed by atoms with E-state index in [4.69, 9.17) is 9.47 Å². The van der Waals surface area contributed by atoms with Gasteiger partial charge in [-0.2, -0.15) is 0 Å². The number of carbonyl (C=O) groups excluding carboxylic acids is 1. The van der Waals surface area contributed by atoms with Gasteiger partial charge in [0.25, 0.3) is 0 Å². The van der Waals surface area contributed by atoms with E-state index in [1.165, 1.54) is 51.4 Å². The number of allylic oxidation sites excluding steroid dienone is 1. The van der Waals surface area contributed by atoms with E-state index in [9.17, 15) is 4.79 Å². The van der Waals surface area contributed by atoms with Gasteiger partial charge in [0, 0.05) is 6.42 Å². The fourth-order valence-corrected chi connectivity index (χ4v) is 3.30. The zero-order valence-corrected chi connectivity index (χ0v) is 18.2. The van der Waals surface area contributed by atoms with Crippen molar-refractivity contribution in [1.29, 1.82) is 0 Å². The van der Waals surface area contributed by atoms with Gasteiger partial charge in [0.2, 0.25) is 0 Å². The van der Waals surface area contributed by atoms with Crippen LogP contribution in [0.1, 0.15) is 111 Å². The van der Waals surface area contributed by atoms with Crippen LogP contribution in [0.4, 0.5) is 0 Å². The topological polar surface area (TPSA) is 38.8 Å². The second-order valence-electron chi connectivity index (χ2n) is 8.24. The number of esters is 1. The summed E-state index contributed by atoms with van der Waals surface area (Å²) in [6.45, 7) is 7.21. The first-order valence-corrected chi connectivity index (χ1v) is 11.6. The molecule has 1 aliphatic heterocycles. The normalized spacial score (nSPS) is 20.1. The van der Waals surface area contributed by atoms with E-state index in [2.05, 4.69) is 32.9 Å². The summed E-state index contributed by atoms with van der Waals surface area (Å²) < 4.78 is 11.0. The van der Waals surface area contributed by atoms with E-state index < -0.39 is 0 Å². The van der Waals surface area contributed by atoms with Crippen molar-refractivity contribution in [2.45, 2.75) is 123 Å². The Bertz CT molecular complexity index is 391. The molecule has 3 atom stereocenters. The molecule has 0 N–H and O–H groups in total. The molecule has 3 nitrogen and oxygen atoms in total. The van der Waals surface area contributed by atoms with Crippen LogP contribution in [0.2, 0.25) is 0 Å². The standard InChI is InChI=1S/C24H44O3/c1-4-6-13-16-22-23(27-22)17-14-11-9-7-8-10-12-15-18-24(25)26-20-19-21(3)5-2/h11,14,21-23H,4-10,12-13,15-20H2,1-3H3. The number of hydrogen-bond donors (Lipinski definition) is 0. The molecule has 0 aromatic carbocycles. The average molecular weight is 381 g/mol. The Hall–Kier alpha value is -0.830. The molecule has 1 rings (SSSR count). The largest absolute Gasteiger partial charge is 0.466 e. The van der Waals surface area contributed by atoms with Crippen LogP contribution in [-0.4, -0.2) is 24.8 Å². The maximum atomic E-state index is 11.6. The molecule has 3 heteroatoms. The maximum Gasteiger partial charge on any atom is 0.305 e. The fraction of sp³-hybridized carbons (Fsp3) is 0.875. The minimum atomic E-state index is -0.0171. The smallest absolute Gasteiger partial charge is 0.305 e. The minimum absolute atomic E-state index is 0.0171. The molecule has 0 spiro atoms. The van der Waals surface area contributed by atoms with Gasteiger partial charge in [-0.25, -0.2) is 0 Å². The summed E-state index contributed by atoms with van der Waals surface area (Å²) in [7, 11) is 0. The summed E-state index contributed by atoms with van der Waals surface area (Å²) in [5, 5.41) is 0. The molecular weight excluding hydrogens is 336 g/mol. The molecule has 0 aromatic rings. The van der Waals surface area contributed by atoms with Crippen molar-refractivity contribution in [3.05, 3.63) is 12.2 Å². The van der Waals surface area contributed by atoms with Crippen LogP contribution in [0.5, 0.6) is 0 Å². The number of hydrogen-bond acceptors (Lipinski definition) is 3. The second-order valence-corrected chi connectivity index (χ2v) is 8.24. The van der Waals surface area contributed by atoms with E-state index in [-0.39, 0.29) is 5.97 Å². The highest BCUT2D eigenvalue weighted by Gasteiger charge is 2.36. The zero-order valence-electron chi connectivity index (χ0n) is 18.2. The van der Waals surface area contributed by atoms with Crippen LogP contribution in [0.15, 0.2) is 12.2 Å². The lowest BCUT2D eigenvalue weighted by Crippen LogP contribution is -2.08. The summed E-state index contributed by atoms with van der Waals surface area (Å²) in [4.78, 5) is 11.6. The van der Waals surface area contributed by atoms with Gasteiger partial charge in [-0.3, -0.25) is 4.79 Å². The van der Waals surface area contributed by atoms with Crippen LogP contribution in [0.25, 0.3) is 0 Å². The Morgan fingerprint density at radius 3 is 2.56 bits per heavy atom. The van der Waals surface area contributed by atoms with E-state index in [0.29, 0.717) is 31.2 Å². The summed E-state index contributed by atoms with van der Waals surface area (Å²) in [6.07, 6.45) is 21.7. The van der Waals surface area contributed by atoms with Gasteiger partial charge in [0.05, 0.1) is 18.8 Å². The summed E-state index contributed by atoms with van der Waals surface area (Å²) in [6, 6.07) is 0. The van der Waals surface area contributed by atoms with Crippen LogP contribution in [0, 0.1) is 5.92 Å². The van der Waals surface area contributed by atoms with Crippen molar-refractivity contribution < 1.29 is 14.3 Å². The third-order valence-corrected chi connectivity index (χ3v) is 5.64. The highest BCUT2D eigenvalue weighted by molar-refractivity contribution is 5.69. The van der Waals surface area contributed by atoms with Gasteiger partial charge < -0.3 is 9.47 Å². The number of epoxide rings is 1. The molecule has 1 fully saturated rings. The minimum Gasteiger partial charge on any atom is -0.466 e. The molecule has 1 heterocycles. The predicted octanol–water partition coefficient (Wildman–Crippen LogP) is 6.99. The van der Waals surface area contributed by atoms with Crippen molar-refractivity contribution >= 4 is 5.97 Å². The molecule has 1 aliphatic rings. The Labute approximate surface area is 168 Å². The van der Waals surface area contributed by atoms with Crippen LogP contribution >= 0.6 is 0 Å². The number of carbonyl (C=O) groups is 1. The van der Waals surface area contributed by atoms with Gasteiger partial charge in [-0.1, -0.05) is 77.9 Å². The van der Waals surface area contributed by atoms with Crippen molar-refractivity contribution in [2.24, 2.45) is 5.92 Å². The van der Waals surface area contributed by atoms with Gasteiger partial charge in [-0.05, 0) is 44.4 Å². The second kappa shape index (κ2) is 16.2. The van der Waals surface area contributed by atoms with Crippen LogP contribution < -0.4 is 0 Å². The molecule has 0 radical (unpaired) electrons. The number of ether oxygens (including phenoxy) is 2. The lowest BCUT2D eigenvalue weighted by molar-refractivity contribution is -0.144. The highest BCUT2D eigenvalue weighted by atomic mass is 16.6. The molecule has 0 aromatic heterocycles. The molecule has 158 valence electrons. The van der Waals surface area contributed by atoms with Gasteiger partial charge in [0.15, 0.2) is 0 Å².